The fraction of sp³-hybridized carbons (Fsp3) is 0.500. The minimum Gasteiger partial charge on any atom is -0.398 e. The number of nitrogens with one attached hydrogen (secondary N) is 1. The Morgan fingerprint density at radius 1 is 1.38 bits per heavy atom. The molecule has 2 unspecified atom stereocenters. The number of ketones is 1. The third-order valence-corrected chi connectivity index (χ3v) is 4.22. The predicted octanol–water partition coefficient (Wildman–Crippen LogP) is 3.07. The highest BCUT2D eigenvalue weighted by atomic mass is 16.2. The fourth-order valence-electron chi connectivity index (χ4n) is 2.17. The molecule has 2 atom stereocenters. The Kier molecular flexibility index (Phi) is 10.8. The van der Waals surface area contributed by atoms with E-state index < -0.39 is 0 Å². The number of hydrogen-bond acceptors (Lipinski definition) is 5. The summed E-state index contributed by atoms with van der Waals surface area (Å²) in [5.74, 6) is 0.0138. The van der Waals surface area contributed by atoms with Crippen LogP contribution in [0.15, 0.2) is 18.2 Å². The Labute approximate surface area is 155 Å². The zero-order valence-electron chi connectivity index (χ0n) is 16.3. The lowest BCUT2D eigenvalue weighted by atomic mass is 9.93. The molecule has 6 nitrogen and oxygen atoms in total. The van der Waals surface area contributed by atoms with E-state index in [4.69, 9.17) is 10.5 Å². The Bertz CT molecular complexity index is 641. The van der Waals surface area contributed by atoms with Crippen LogP contribution in [0.1, 0.15) is 62.9 Å². The average molecular weight is 362 g/mol. The van der Waals surface area contributed by atoms with Crippen LogP contribution in [-0.2, 0) is 14.4 Å². The molecule has 0 aliphatic carbocycles. The van der Waals surface area contributed by atoms with Gasteiger partial charge in [0, 0.05) is 29.5 Å². The molecule has 1 aromatic rings. The van der Waals surface area contributed by atoms with Gasteiger partial charge in [0.15, 0.2) is 5.78 Å². The minimum atomic E-state index is -0.141. The van der Waals surface area contributed by atoms with Crippen LogP contribution in [0.2, 0.25) is 0 Å². The number of anilines is 1. The zero-order valence-corrected chi connectivity index (χ0v) is 16.3. The van der Waals surface area contributed by atoms with Crippen LogP contribution in [0.5, 0.6) is 0 Å². The van der Waals surface area contributed by atoms with Crippen molar-refractivity contribution in [2.45, 2.75) is 53.9 Å². The molecule has 0 saturated carbocycles. The van der Waals surface area contributed by atoms with Crippen molar-refractivity contribution >= 4 is 29.6 Å². The second-order valence-corrected chi connectivity index (χ2v) is 6.28. The normalized spacial score (nSPS) is 16.9. The third-order valence-electron chi connectivity index (χ3n) is 4.22. The number of carbonyl (C=O) groups excluding carboxylic acids is 4. The summed E-state index contributed by atoms with van der Waals surface area (Å²) in [6.07, 6.45) is 2.81. The lowest BCUT2D eigenvalue weighted by molar-refractivity contribution is -0.135. The number of piperidine rings is 1. The van der Waals surface area contributed by atoms with E-state index in [0.717, 1.165) is 23.8 Å². The van der Waals surface area contributed by atoms with Crippen LogP contribution in [-0.4, -0.2) is 23.9 Å². The van der Waals surface area contributed by atoms with Crippen LogP contribution >= 0.6 is 0 Å². The van der Waals surface area contributed by atoms with E-state index in [-0.39, 0.29) is 29.4 Å². The van der Waals surface area contributed by atoms with Crippen LogP contribution in [0.4, 0.5) is 5.69 Å². The van der Waals surface area contributed by atoms with Crippen molar-refractivity contribution in [2.75, 3.05) is 5.73 Å². The van der Waals surface area contributed by atoms with Crippen LogP contribution < -0.4 is 11.1 Å². The summed E-state index contributed by atoms with van der Waals surface area (Å²) in [7, 11) is 0. The molecule has 0 spiro atoms. The smallest absolute Gasteiger partial charge is 0.229 e. The van der Waals surface area contributed by atoms with E-state index in [1.165, 1.54) is 6.92 Å². The van der Waals surface area contributed by atoms with Gasteiger partial charge in [0.05, 0.1) is 0 Å². The lowest BCUT2D eigenvalue weighted by Gasteiger charge is -2.15. The number of amides is 2. The van der Waals surface area contributed by atoms with Gasteiger partial charge in [-0.15, -0.1) is 0 Å². The van der Waals surface area contributed by atoms with Gasteiger partial charge in [0.1, 0.15) is 6.29 Å². The molecule has 0 bridgehead atoms. The maximum atomic E-state index is 11.9. The van der Waals surface area contributed by atoms with Gasteiger partial charge in [-0.3, -0.25) is 19.7 Å². The number of nitrogen functional groups attached to an aromatic ring is 1. The largest absolute Gasteiger partial charge is 0.398 e. The molecule has 1 aromatic carbocycles. The van der Waals surface area contributed by atoms with Gasteiger partial charge < -0.3 is 10.5 Å². The summed E-state index contributed by atoms with van der Waals surface area (Å²) >= 11 is 0. The molecule has 26 heavy (non-hydrogen) atoms. The topological polar surface area (TPSA) is 106 Å². The van der Waals surface area contributed by atoms with Crippen molar-refractivity contribution in [3.8, 4) is 0 Å². The summed E-state index contributed by atoms with van der Waals surface area (Å²) in [6, 6.07) is 5.50. The Hall–Kier alpha value is -2.50. The van der Waals surface area contributed by atoms with Crippen molar-refractivity contribution in [3.05, 3.63) is 29.3 Å². The highest BCUT2D eigenvalue weighted by Gasteiger charge is 2.21. The second kappa shape index (κ2) is 12.0. The highest BCUT2D eigenvalue weighted by Crippen LogP contribution is 2.20. The quantitative estimate of drug-likeness (QED) is 0.372. The average Bonchev–Trinajstić information content (AvgIpc) is 2.61. The monoisotopic (exact) mass is 362 g/mol. The van der Waals surface area contributed by atoms with Gasteiger partial charge in [0.2, 0.25) is 11.8 Å². The molecule has 0 radical (unpaired) electrons. The second-order valence-electron chi connectivity index (χ2n) is 6.28. The number of Topliss-reactive ketones (excluding diaryl/α,β-unsaturated/α-hetero) is 1. The molecule has 1 saturated heterocycles. The summed E-state index contributed by atoms with van der Waals surface area (Å²) < 4.78 is 0. The van der Waals surface area contributed by atoms with Crippen molar-refractivity contribution in [1.82, 2.24) is 5.32 Å². The first kappa shape index (κ1) is 23.5. The molecule has 2 rings (SSSR count). The van der Waals surface area contributed by atoms with Crippen LogP contribution in [0, 0.1) is 18.8 Å². The molecule has 1 fully saturated rings. The minimum absolute atomic E-state index is 0.0164. The van der Waals surface area contributed by atoms with Crippen molar-refractivity contribution in [2.24, 2.45) is 11.8 Å². The van der Waals surface area contributed by atoms with E-state index >= 15 is 0 Å². The van der Waals surface area contributed by atoms with E-state index in [2.05, 4.69) is 5.32 Å². The molecular formula is C20H30N2O4. The first-order valence-electron chi connectivity index (χ1n) is 8.82. The molecule has 1 aliphatic heterocycles. The van der Waals surface area contributed by atoms with E-state index in [9.17, 15) is 14.4 Å². The lowest BCUT2D eigenvalue weighted by Crippen LogP contribution is -2.39. The van der Waals surface area contributed by atoms with Crippen molar-refractivity contribution in [3.63, 3.8) is 0 Å². The van der Waals surface area contributed by atoms with Gasteiger partial charge >= 0.3 is 0 Å². The molecule has 1 aliphatic rings. The number of hydrogen-bond donors (Lipinski definition) is 2. The summed E-state index contributed by atoms with van der Waals surface area (Å²) in [6.45, 7) is 9.13. The Morgan fingerprint density at radius 2 is 1.96 bits per heavy atom. The summed E-state index contributed by atoms with van der Waals surface area (Å²) in [5, 5.41) is 2.25. The summed E-state index contributed by atoms with van der Waals surface area (Å²) in [5.41, 5.74) is 8.11. The molecule has 3 N–H and O–H groups in total. The molecule has 0 aromatic heterocycles. The maximum Gasteiger partial charge on any atom is 0.229 e. The first-order chi connectivity index (χ1) is 12.2. The number of imide groups is 1. The summed E-state index contributed by atoms with van der Waals surface area (Å²) in [4.78, 5) is 41.9. The van der Waals surface area contributed by atoms with E-state index in [1.807, 2.05) is 45.9 Å². The van der Waals surface area contributed by atoms with Gasteiger partial charge in [-0.25, -0.2) is 0 Å². The molecular weight excluding hydrogens is 332 g/mol. The fourth-order valence-corrected chi connectivity index (χ4v) is 2.17. The first-order valence-corrected chi connectivity index (χ1v) is 8.82. The van der Waals surface area contributed by atoms with Crippen LogP contribution in [0.25, 0.3) is 0 Å². The Morgan fingerprint density at radius 3 is 2.42 bits per heavy atom. The molecule has 144 valence electrons. The van der Waals surface area contributed by atoms with Crippen molar-refractivity contribution < 1.29 is 19.2 Å². The number of rotatable bonds is 3. The van der Waals surface area contributed by atoms with Gasteiger partial charge in [-0.05, 0) is 38.3 Å². The maximum absolute atomic E-state index is 11.9. The number of carbonyl (C=O) groups is 4. The van der Waals surface area contributed by atoms with Gasteiger partial charge in [0.25, 0.3) is 0 Å². The van der Waals surface area contributed by atoms with Gasteiger partial charge in [-0.1, -0.05) is 32.9 Å². The number of benzene rings is 1. The van der Waals surface area contributed by atoms with Gasteiger partial charge in [-0.2, -0.15) is 0 Å². The molecule has 2 amide bonds. The highest BCUT2D eigenvalue weighted by molar-refractivity contribution is 6.00. The molecule has 1 heterocycles. The SMILES string of the molecule is CC1CCC(=O)NC1=O.CC=O.CCC(C)C(=O)c1cccc(N)c1C. The predicted molar refractivity (Wildman–Crippen MR) is 103 cm³/mol. The zero-order chi connectivity index (χ0) is 20.3. The van der Waals surface area contributed by atoms with Crippen LogP contribution in [0.3, 0.4) is 0 Å². The standard InChI is InChI=1S/C12H17NO.C6H9NO2.C2H4O/c1-4-8(2)12(14)10-6-5-7-11(13)9(10)3;1-4-2-3-5(8)7-6(4)9;1-2-3/h5-8H,4,13H2,1-3H3;4H,2-3H2,1H3,(H,7,8,9);2H,1H3. The number of aldehydes is 1. The van der Waals surface area contributed by atoms with E-state index in [0.29, 0.717) is 18.5 Å². The molecule has 6 heteroatoms. The van der Waals surface area contributed by atoms with Crippen molar-refractivity contribution in [1.29, 1.82) is 0 Å². The number of nitrogens with two attached hydrogens (primary N) is 1. The Balaban J connectivity index is 0.000000446. The third kappa shape index (κ3) is 7.59. The van der Waals surface area contributed by atoms with E-state index in [1.54, 1.807) is 0 Å².